The zero-order valence-electron chi connectivity index (χ0n) is 9.67. The molecule has 6 heteroatoms. The fourth-order valence-corrected chi connectivity index (χ4v) is 1.66. The molecule has 1 saturated carbocycles. The summed E-state index contributed by atoms with van der Waals surface area (Å²) in [4.78, 5) is 20.9. The summed E-state index contributed by atoms with van der Waals surface area (Å²) in [6, 6.07) is 0.399. The molecule has 1 aromatic rings. The van der Waals surface area contributed by atoms with Crippen LogP contribution in [0.1, 0.15) is 19.3 Å². The molecule has 0 saturated heterocycles. The first-order valence-electron chi connectivity index (χ1n) is 5.55. The predicted octanol–water partition coefficient (Wildman–Crippen LogP) is 0.929. The molecule has 17 heavy (non-hydrogen) atoms. The molecule has 1 aliphatic carbocycles. The Kier molecular flexibility index (Phi) is 3.41. The molecule has 1 fully saturated rings. The second-order valence-electron chi connectivity index (χ2n) is 3.99. The lowest BCUT2D eigenvalue weighted by Crippen LogP contribution is -2.29. The Morgan fingerprint density at radius 2 is 2.35 bits per heavy atom. The van der Waals surface area contributed by atoms with Crippen LogP contribution in [0.25, 0.3) is 0 Å². The smallest absolute Gasteiger partial charge is 0.305 e. The topological polar surface area (TPSA) is 75.5 Å². The van der Waals surface area contributed by atoms with Gasteiger partial charge < -0.3 is 14.7 Å². The van der Waals surface area contributed by atoms with Gasteiger partial charge >= 0.3 is 5.97 Å². The predicted molar refractivity (Wildman–Crippen MR) is 61.2 cm³/mol. The van der Waals surface area contributed by atoms with Crippen LogP contribution in [0.3, 0.4) is 0 Å². The molecule has 1 heterocycles. The van der Waals surface area contributed by atoms with Crippen LogP contribution in [-0.2, 0) is 4.79 Å². The van der Waals surface area contributed by atoms with Crippen LogP contribution in [0.4, 0.5) is 5.82 Å². The van der Waals surface area contributed by atoms with Crippen LogP contribution in [0, 0.1) is 0 Å². The number of aliphatic carboxylic acids is 1. The van der Waals surface area contributed by atoms with Crippen LogP contribution in [0.15, 0.2) is 12.4 Å². The lowest BCUT2D eigenvalue weighted by Gasteiger charge is -2.22. The van der Waals surface area contributed by atoms with Gasteiger partial charge in [-0.3, -0.25) is 9.78 Å². The van der Waals surface area contributed by atoms with Crippen molar-refractivity contribution >= 4 is 11.8 Å². The Bertz CT molecular complexity index is 407. The van der Waals surface area contributed by atoms with Crippen molar-refractivity contribution in [3.63, 3.8) is 0 Å². The number of hydrogen-bond acceptors (Lipinski definition) is 5. The quantitative estimate of drug-likeness (QED) is 0.793. The maximum Gasteiger partial charge on any atom is 0.305 e. The van der Waals surface area contributed by atoms with Crippen molar-refractivity contribution in [2.75, 3.05) is 18.6 Å². The van der Waals surface area contributed by atoms with E-state index in [0.717, 1.165) is 12.8 Å². The largest absolute Gasteiger partial charge is 0.481 e. The van der Waals surface area contributed by atoms with Crippen LogP contribution in [-0.4, -0.2) is 40.7 Å². The third kappa shape index (κ3) is 3.05. The third-order valence-electron chi connectivity index (χ3n) is 2.66. The van der Waals surface area contributed by atoms with Gasteiger partial charge in [0.1, 0.15) is 0 Å². The van der Waals surface area contributed by atoms with Crippen LogP contribution in [0.2, 0.25) is 0 Å². The van der Waals surface area contributed by atoms with E-state index in [9.17, 15) is 4.79 Å². The fraction of sp³-hybridized carbons (Fsp3) is 0.545. The number of rotatable bonds is 6. The molecule has 0 amide bonds. The summed E-state index contributed by atoms with van der Waals surface area (Å²) in [6.07, 6.45) is 5.45. The number of carboxylic acids is 1. The van der Waals surface area contributed by atoms with E-state index in [1.54, 1.807) is 6.20 Å². The van der Waals surface area contributed by atoms with Gasteiger partial charge in [-0.1, -0.05) is 0 Å². The number of anilines is 1. The van der Waals surface area contributed by atoms with Gasteiger partial charge in [0.2, 0.25) is 5.88 Å². The molecule has 0 bridgehead atoms. The number of carboxylic acid groups (broad SMARTS) is 1. The number of methoxy groups -OCH3 is 1. The van der Waals surface area contributed by atoms with Gasteiger partial charge in [0.25, 0.3) is 0 Å². The minimum atomic E-state index is -0.800. The highest BCUT2D eigenvalue weighted by Gasteiger charge is 2.30. The van der Waals surface area contributed by atoms with Crippen molar-refractivity contribution in [2.45, 2.75) is 25.3 Å². The normalized spacial score (nSPS) is 14.4. The molecule has 6 nitrogen and oxygen atoms in total. The minimum absolute atomic E-state index is 0.107. The Hall–Kier alpha value is -1.85. The standard InChI is InChI=1S/C11H15N3O3/c1-17-10-7-12-6-9(13-10)14(8-2-3-8)5-4-11(15)16/h6-8H,2-5H2,1H3,(H,15,16). The van der Waals surface area contributed by atoms with Crippen molar-refractivity contribution in [1.82, 2.24) is 9.97 Å². The van der Waals surface area contributed by atoms with Gasteiger partial charge in [0, 0.05) is 12.6 Å². The highest BCUT2D eigenvalue weighted by molar-refractivity contribution is 5.67. The number of carbonyl (C=O) groups is 1. The fourth-order valence-electron chi connectivity index (χ4n) is 1.66. The van der Waals surface area contributed by atoms with Gasteiger partial charge in [-0.15, -0.1) is 0 Å². The maximum absolute atomic E-state index is 10.6. The summed E-state index contributed by atoms with van der Waals surface area (Å²) in [5.74, 6) is 0.336. The zero-order chi connectivity index (χ0) is 12.3. The van der Waals surface area contributed by atoms with Crippen LogP contribution < -0.4 is 9.64 Å². The van der Waals surface area contributed by atoms with E-state index < -0.39 is 5.97 Å². The molecule has 1 N–H and O–H groups in total. The number of ether oxygens (including phenoxy) is 1. The lowest BCUT2D eigenvalue weighted by atomic mass is 10.3. The number of hydrogen-bond donors (Lipinski definition) is 1. The average molecular weight is 237 g/mol. The Morgan fingerprint density at radius 3 is 2.94 bits per heavy atom. The van der Waals surface area contributed by atoms with Gasteiger partial charge in [0.05, 0.1) is 25.9 Å². The van der Waals surface area contributed by atoms with Gasteiger partial charge in [-0.25, -0.2) is 0 Å². The molecule has 2 rings (SSSR count). The second kappa shape index (κ2) is 4.99. The summed E-state index contributed by atoms with van der Waals surface area (Å²) in [5.41, 5.74) is 0. The summed E-state index contributed by atoms with van der Waals surface area (Å²) in [6.45, 7) is 0.460. The molecule has 0 aliphatic heterocycles. The summed E-state index contributed by atoms with van der Waals surface area (Å²) < 4.78 is 5.01. The third-order valence-corrected chi connectivity index (χ3v) is 2.66. The van der Waals surface area contributed by atoms with Crippen molar-refractivity contribution in [2.24, 2.45) is 0 Å². The molecule has 0 atom stereocenters. The van der Waals surface area contributed by atoms with Crippen LogP contribution >= 0.6 is 0 Å². The molecular weight excluding hydrogens is 222 g/mol. The van der Waals surface area contributed by atoms with Crippen molar-refractivity contribution in [3.8, 4) is 5.88 Å². The second-order valence-corrected chi connectivity index (χ2v) is 3.99. The molecular formula is C11H15N3O3. The van der Waals surface area contributed by atoms with E-state index in [2.05, 4.69) is 9.97 Å². The van der Waals surface area contributed by atoms with Crippen LogP contribution in [0.5, 0.6) is 5.88 Å². The van der Waals surface area contributed by atoms with E-state index in [1.807, 2.05) is 4.90 Å². The first-order valence-corrected chi connectivity index (χ1v) is 5.55. The number of aromatic nitrogens is 2. The molecule has 1 aliphatic rings. The monoisotopic (exact) mass is 237 g/mol. The highest BCUT2D eigenvalue weighted by atomic mass is 16.5. The van der Waals surface area contributed by atoms with Gasteiger partial charge in [-0.05, 0) is 12.8 Å². The summed E-state index contributed by atoms with van der Waals surface area (Å²) in [7, 11) is 1.53. The lowest BCUT2D eigenvalue weighted by molar-refractivity contribution is -0.136. The molecule has 0 radical (unpaired) electrons. The Balaban J connectivity index is 2.10. The van der Waals surface area contributed by atoms with Gasteiger partial charge in [0.15, 0.2) is 5.82 Å². The van der Waals surface area contributed by atoms with E-state index in [1.165, 1.54) is 13.3 Å². The summed E-state index contributed by atoms with van der Waals surface area (Å²) >= 11 is 0. The first kappa shape index (κ1) is 11.6. The SMILES string of the molecule is COc1cncc(N(CCC(=O)O)C2CC2)n1. The summed E-state index contributed by atoms with van der Waals surface area (Å²) in [5, 5.41) is 8.72. The molecule has 0 aromatic carbocycles. The Morgan fingerprint density at radius 1 is 1.59 bits per heavy atom. The Labute approximate surface area is 99.2 Å². The van der Waals surface area contributed by atoms with Crippen molar-refractivity contribution < 1.29 is 14.6 Å². The van der Waals surface area contributed by atoms with Gasteiger partial charge in [-0.2, -0.15) is 4.98 Å². The highest BCUT2D eigenvalue weighted by Crippen LogP contribution is 2.30. The van der Waals surface area contributed by atoms with Crippen molar-refractivity contribution in [3.05, 3.63) is 12.4 Å². The number of nitrogens with zero attached hydrogens (tertiary/aromatic N) is 3. The van der Waals surface area contributed by atoms with E-state index in [-0.39, 0.29) is 6.42 Å². The molecule has 0 unspecified atom stereocenters. The molecule has 1 aromatic heterocycles. The van der Waals surface area contributed by atoms with E-state index >= 15 is 0 Å². The first-order chi connectivity index (χ1) is 8.20. The zero-order valence-corrected chi connectivity index (χ0v) is 9.67. The molecule has 92 valence electrons. The van der Waals surface area contributed by atoms with Crippen molar-refractivity contribution in [1.29, 1.82) is 0 Å². The molecule has 0 spiro atoms. The average Bonchev–Trinajstić information content (AvgIpc) is 3.14. The minimum Gasteiger partial charge on any atom is -0.481 e. The van der Waals surface area contributed by atoms with E-state index in [4.69, 9.17) is 9.84 Å². The maximum atomic E-state index is 10.6. The van der Waals surface area contributed by atoms with E-state index in [0.29, 0.717) is 24.3 Å².